The Balaban J connectivity index is 0.00000108. The van der Waals surface area contributed by atoms with Gasteiger partial charge in [-0.2, -0.15) is 6.07 Å². The van der Waals surface area contributed by atoms with Gasteiger partial charge in [-0.1, -0.05) is 48.9 Å². The Morgan fingerprint density at radius 3 is 2.41 bits per heavy atom. The number of hydrogen-bond donors (Lipinski definition) is 0. The fourth-order valence-electron chi connectivity index (χ4n) is 2.25. The van der Waals surface area contributed by atoms with Gasteiger partial charge in [-0.15, -0.1) is 34.5 Å². The molecule has 0 nitrogen and oxygen atoms in total. The van der Waals surface area contributed by atoms with Crippen LogP contribution in [0.15, 0.2) is 60.7 Å². The molecule has 0 aliphatic rings. The Bertz CT molecular complexity index is 620. The van der Waals surface area contributed by atoms with Gasteiger partial charge in [-0.3, -0.25) is 0 Å². The molecule has 3 aromatic rings. The standard InChI is InChI=1S/C16H13.Zr/c1-12-10-14-8-5-9-15(16(14)11-12)13-6-3-2-4-7-13;/h2-11H,1H3;/q-1;+2. The maximum absolute atomic E-state index is 2.26. The van der Waals surface area contributed by atoms with Gasteiger partial charge in [-0.05, 0) is 5.56 Å². The summed E-state index contributed by atoms with van der Waals surface area (Å²) in [6.45, 7) is 2.15. The zero-order valence-electron chi connectivity index (χ0n) is 9.77. The van der Waals surface area contributed by atoms with E-state index in [9.17, 15) is 0 Å². The average molecular weight is 297 g/mol. The SMILES string of the molecule is Cc1cc2c(-c3ccccc3)cccc2[cH-]1.[Zr+2]. The molecule has 0 unspecified atom stereocenters. The molecule has 0 amide bonds. The second-order valence-corrected chi connectivity index (χ2v) is 4.21. The van der Waals surface area contributed by atoms with E-state index in [-0.39, 0.29) is 26.2 Å². The molecule has 3 aromatic carbocycles. The van der Waals surface area contributed by atoms with E-state index < -0.39 is 0 Å². The molecular weight excluding hydrogens is 283 g/mol. The molecule has 0 spiro atoms. The van der Waals surface area contributed by atoms with Crippen molar-refractivity contribution in [2.75, 3.05) is 0 Å². The van der Waals surface area contributed by atoms with Crippen LogP contribution in [0.1, 0.15) is 5.56 Å². The van der Waals surface area contributed by atoms with Crippen LogP contribution in [-0.2, 0) is 26.2 Å². The van der Waals surface area contributed by atoms with Crippen molar-refractivity contribution in [2.24, 2.45) is 0 Å². The quantitative estimate of drug-likeness (QED) is 0.579. The van der Waals surface area contributed by atoms with E-state index in [1.807, 2.05) is 0 Å². The van der Waals surface area contributed by atoms with Gasteiger partial charge in [-0.25, -0.2) is 0 Å². The Kier molecular flexibility index (Phi) is 3.69. The second kappa shape index (κ2) is 5.06. The molecule has 0 bridgehead atoms. The monoisotopic (exact) mass is 295 g/mol. The normalized spacial score (nSPS) is 10.2. The van der Waals surface area contributed by atoms with E-state index in [2.05, 4.69) is 67.6 Å². The Morgan fingerprint density at radius 1 is 0.882 bits per heavy atom. The first kappa shape index (κ1) is 12.4. The van der Waals surface area contributed by atoms with E-state index in [1.54, 1.807) is 0 Å². The second-order valence-electron chi connectivity index (χ2n) is 4.21. The average Bonchev–Trinajstić information content (AvgIpc) is 2.70. The molecule has 0 saturated heterocycles. The van der Waals surface area contributed by atoms with Gasteiger partial charge >= 0.3 is 26.2 Å². The van der Waals surface area contributed by atoms with E-state index in [4.69, 9.17) is 0 Å². The van der Waals surface area contributed by atoms with Crippen molar-refractivity contribution in [1.82, 2.24) is 0 Å². The Hall–Kier alpha value is -1.07. The van der Waals surface area contributed by atoms with E-state index in [0.29, 0.717) is 0 Å². The largest absolute Gasteiger partial charge is 2.00 e. The molecule has 0 aliphatic heterocycles. The third-order valence-electron chi connectivity index (χ3n) is 2.98. The van der Waals surface area contributed by atoms with Gasteiger partial charge in [0.25, 0.3) is 0 Å². The molecule has 80 valence electrons. The summed E-state index contributed by atoms with van der Waals surface area (Å²) >= 11 is 0. The first-order valence-electron chi connectivity index (χ1n) is 5.56. The maximum Gasteiger partial charge on any atom is 2.00 e. The Labute approximate surface area is 121 Å². The summed E-state index contributed by atoms with van der Waals surface area (Å²) in [6.07, 6.45) is 0. The molecule has 0 aromatic heterocycles. The van der Waals surface area contributed by atoms with E-state index in [0.717, 1.165) is 0 Å². The fraction of sp³-hybridized carbons (Fsp3) is 0.0625. The minimum atomic E-state index is 0. The summed E-state index contributed by atoms with van der Waals surface area (Å²) in [5.74, 6) is 0. The van der Waals surface area contributed by atoms with Crippen LogP contribution in [0.2, 0.25) is 0 Å². The molecule has 17 heavy (non-hydrogen) atoms. The van der Waals surface area contributed by atoms with Crippen molar-refractivity contribution in [1.29, 1.82) is 0 Å². The van der Waals surface area contributed by atoms with Crippen molar-refractivity contribution >= 4 is 10.8 Å². The molecule has 0 heterocycles. The third-order valence-corrected chi connectivity index (χ3v) is 2.98. The molecule has 0 N–H and O–H groups in total. The van der Waals surface area contributed by atoms with Crippen molar-refractivity contribution < 1.29 is 26.2 Å². The number of benzene rings is 2. The van der Waals surface area contributed by atoms with Gasteiger partial charge in [0.2, 0.25) is 0 Å². The molecule has 1 heteroatoms. The summed E-state index contributed by atoms with van der Waals surface area (Å²) in [5, 5.41) is 2.69. The smallest absolute Gasteiger partial charge is 0.165 e. The molecule has 0 atom stereocenters. The Morgan fingerprint density at radius 2 is 1.65 bits per heavy atom. The van der Waals surface area contributed by atoms with Crippen molar-refractivity contribution in [3.05, 3.63) is 66.2 Å². The minimum Gasteiger partial charge on any atom is -0.165 e. The van der Waals surface area contributed by atoms with Crippen molar-refractivity contribution in [3.8, 4) is 11.1 Å². The zero-order valence-corrected chi connectivity index (χ0v) is 12.2. The first-order valence-corrected chi connectivity index (χ1v) is 5.56. The van der Waals surface area contributed by atoms with Crippen LogP contribution in [0.4, 0.5) is 0 Å². The molecule has 0 aliphatic carbocycles. The number of fused-ring (bicyclic) bond motifs is 1. The van der Waals surface area contributed by atoms with Crippen LogP contribution in [0, 0.1) is 6.92 Å². The predicted molar refractivity (Wildman–Crippen MR) is 69.7 cm³/mol. The van der Waals surface area contributed by atoms with E-state index >= 15 is 0 Å². The topological polar surface area (TPSA) is 0 Å². The third kappa shape index (κ3) is 2.30. The number of hydrogen-bond acceptors (Lipinski definition) is 0. The van der Waals surface area contributed by atoms with Crippen molar-refractivity contribution in [3.63, 3.8) is 0 Å². The van der Waals surface area contributed by atoms with E-state index in [1.165, 1.54) is 27.5 Å². The first-order chi connectivity index (χ1) is 7.84. The van der Waals surface area contributed by atoms with Crippen molar-refractivity contribution in [2.45, 2.75) is 6.92 Å². The predicted octanol–water partition coefficient (Wildman–Crippen LogP) is 4.53. The minimum absolute atomic E-state index is 0. The van der Waals surface area contributed by atoms with Crippen LogP contribution >= 0.6 is 0 Å². The molecule has 0 fully saturated rings. The number of aryl methyl sites for hydroxylation is 1. The summed E-state index contributed by atoms with van der Waals surface area (Å²) in [7, 11) is 0. The van der Waals surface area contributed by atoms with Gasteiger partial charge in [0.05, 0.1) is 0 Å². The molecular formula is C16H13Zr+. The van der Waals surface area contributed by atoms with Gasteiger partial charge < -0.3 is 0 Å². The summed E-state index contributed by atoms with van der Waals surface area (Å²) < 4.78 is 0. The maximum atomic E-state index is 2.26. The summed E-state index contributed by atoms with van der Waals surface area (Å²) in [6, 6.07) is 21.6. The summed E-state index contributed by atoms with van der Waals surface area (Å²) in [5.41, 5.74) is 3.95. The van der Waals surface area contributed by atoms with Crippen LogP contribution in [0.25, 0.3) is 21.9 Å². The zero-order chi connectivity index (χ0) is 11.0. The molecule has 0 radical (unpaired) electrons. The van der Waals surface area contributed by atoms with Gasteiger partial charge in [0, 0.05) is 0 Å². The summed E-state index contributed by atoms with van der Waals surface area (Å²) in [4.78, 5) is 0. The fourth-order valence-corrected chi connectivity index (χ4v) is 2.25. The molecule has 3 rings (SSSR count). The van der Waals surface area contributed by atoms with Crippen LogP contribution in [0.3, 0.4) is 0 Å². The number of rotatable bonds is 1. The van der Waals surface area contributed by atoms with Crippen LogP contribution < -0.4 is 0 Å². The molecule has 0 saturated carbocycles. The van der Waals surface area contributed by atoms with Gasteiger partial charge in [0.15, 0.2) is 0 Å². The van der Waals surface area contributed by atoms with Crippen LogP contribution in [0.5, 0.6) is 0 Å². The van der Waals surface area contributed by atoms with Gasteiger partial charge in [0.1, 0.15) is 0 Å². The van der Waals surface area contributed by atoms with Crippen LogP contribution in [-0.4, -0.2) is 0 Å².